The molecule has 0 fully saturated rings. The van der Waals surface area contributed by atoms with Crippen LogP contribution in [-0.2, 0) is 5.41 Å². The van der Waals surface area contributed by atoms with Crippen LogP contribution < -0.4 is 0 Å². The van der Waals surface area contributed by atoms with Crippen molar-refractivity contribution >= 4 is 0 Å². The van der Waals surface area contributed by atoms with E-state index in [4.69, 9.17) is 0 Å². The third kappa shape index (κ3) is 2.15. The highest BCUT2D eigenvalue weighted by Crippen LogP contribution is 2.30. The summed E-state index contributed by atoms with van der Waals surface area (Å²) in [5, 5.41) is 13.6. The average molecular weight is 232 g/mol. The van der Waals surface area contributed by atoms with Crippen molar-refractivity contribution in [1.29, 1.82) is 0 Å². The summed E-state index contributed by atoms with van der Waals surface area (Å²) in [6.07, 6.45) is 5.83. The highest BCUT2D eigenvalue weighted by atomic mass is 15.5. The Morgan fingerprint density at radius 1 is 1.12 bits per heavy atom. The molecule has 6 nitrogen and oxygen atoms in total. The van der Waals surface area contributed by atoms with E-state index in [1.165, 1.54) is 0 Å². The lowest BCUT2D eigenvalue weighted by atomic mass is 9.79. The lowest BCUT2D eigenvalue weighted by Gasteiger charge is -2.26. The van der Waals surface area contributed by atoms with E-state index in [-0.39, 0.29) is 5.41 Å². The van der Waals surface area contributed by atoms with E-state index in [9.17, 15) is 0 Å². The Kier molecular flexibility index (Phi) is 3.12. The van der Waals surface area contributed by atoms with Gasteiger partial charge in [-0.3, -0.25) is 0 Å². The molecule has 0 unspecified atom stereocenters. The van der Waals surface area contributed by atoms with E-state index < -0.39 is 0 Å². The van der Waals surface area contributed by atoms with Gasteiger partial charge >= 0.3 is 0 Å². The summed E-state index contributed by atoms with van der Waals surface area (Å²) in [5.74, 6) is 0.920. The summed E-state index contributed by atoms with van der Waals surface area (Å²) in [6, 6.07) is 0. The van der Waals surface area contributed by atoms with Crippen LogP contribution in [0.1, 0.15) is 39.2 Å². The zero-order chi connectivity index (χ0) is 12.3. The van der Waals surface area contributed by atoms with Crippen molar-refractivity contribution in [2.45, 2.75) is 39.0 Å². The van der Waals surface area contributed by atoms with Gasteiger partial charge in [0.1, 0.15) is 0 Å². The fourth-order valence-electron chi connectivity index (χ4n) is 1.67. The van der Waals surface area contributed by atoms with E-state index in [1.54, 1.807) is 0 Å². The number of hydrogen-bond donors (Lipinski definition) is 1. The van der Waals surface area contributed by atoms with Crippen LogP contribution >= 0.6 is 0 Å². The zero-order valence-electron chi connectivity index (χ0n) is 10.3. The molecule has 0 aliphatic heterocycles. The standard InChI is InChI=1S/C11H16N6/c1-4-11(3,5-2)8-6-12-9(13-7-8)10-14-16-17-15-10/h6-7H,4-5H2,1-3H3,(H,14,15,16,17). The molecule has 0 saturated heterocycles. The second-order valence-electron chi connectivity index (χ2n) is 4.30. The van der Waals surface area contributed by atoms with Gasteiger partial charge < -0.3 is 0 Å². The fourth-order valence-corrected chi connectivity index (χ4v) is 1.67. The molecule has 0 bridgehead atoms. The van der Waals surface area contributed by atoms with E-state index in [0.29, 0.717) is 11.6 Å². The van der Waals surface area contributed by atoms with Gasteiger partial charge in [0.15, 0.2) is 0 Å². The first-order valence-corrected chi connectivity index (χ1v) is 5.76. The summed E-state index contributed by atoms with van der Waals surface area (Å²) in [6.45, 7) is 6.58. The molecule has 0 radical (unpaired) electrons. The van der Waals surface area contributed by atoms with Crippen LogP contribution in [0.3, 0.4) is 0 Å². The second kappa shape index (κ2) is 4.57. The summed E-state index contributed by atoms with van der Waals surface area (Å²) in [5.41, 5.74) is 1.28. The molecule has 2 aromatic heterocycles. The van der Waals surface area contributed by atoms with E-state index in [0.717, 1.165) is 18.4 Å². The molecule has 2 rings (SSSR count). The molecule has 6 heteroatoms. The van der Waals surface area contributed by atoms with Crippen molar-refractivity contribution in [3.63, 3.8) is 0 Å². The molecule has 0 aromatic carbocycles. The minimum absolute atomic E-state index is 0.135. The van der Waals surface area contributed by atoms with Gasteiger partial charge in [0.2, 0.25) is 11.6 Å². The highest BCUT2D eigenvalue weighted by molar-refractivity contribution is 5.40. The smallest absolute Gasteiger partial charge is 0.233 e. The van der Waals surface area contributed by atoms with Crippen LogP contribution in [0.15, 0.2) is 12.4 Å². The zero-order valence-corrected chi connectivity index (χ0v) is 10.3. The molecule has 0 amide bonds. The maximum atomic E-state index is 4.29. The molecule has 17 heavy (non-hydrogen) atoms. The molecule has 0 saturated carbocycles. The third-order valence-electron chi connectivity index (χ3n) is 3.45. The largest absolute Gasteiger partial charge is 0.241 e. The molecule has 0 aliphatic rings. The van der Waals surface area contributed by atoms with Crippen LogP contribution in [0.5, 0.6) is 0 Å². The molecule has 0 atom stereocenters. The van der Waals surface area contributed by atoms with Gasteiger partial charge in [-0.15, -0.1) is 10.2 Å². The Hall–Kier alpha value is -1.85. The van der Waals surface area contributed by atoms with E-state index in [1.807, 2.05) is 12.4 Å². The molecule has 0 spiro atoms. The van der Waals surface area contributed by atoms with E-state index >= 15 is 0 Å². The summed E-state index contributed by atoms with van der Waals surface area (Å²) in [4.78, 5) is 8.57. The second-order valence-corrected chi connectivity index (χ2v) is 4.30. The minimum Gasteiger partial charge on any atom is -0.233 e. The molecule has 2 aromatic rings. The Balaban J connectivity index is 2.30. The minimum atomic E-state index is 0.135. The highest BCUT2D eigenvalue weighted by Gasteiger charge is 2.23. The summed E-state index contributed by atoms with van der Waals surface area (Å²) in [7, 11) is 0. The first kappa shape index (κ1) is 11.6. The number of tetrazole rings is 1. The Bertz CT molecular complexity index is 457. The van der Waals surface area contributed by atoms with Crippen LogP contribution in [0.4, 0.5) is 0 Å². The lowest BCUT2D eigenvalue weighted by Crippen LogP contribution is -2.20. The first-order chi connectivity index (χ1) is 8.19. The Labute approximate surface area is 99.9 Å². The van der Waals surface area contributed by atoms with Gasteiger partial charge in [-0.25, -0.2) is 9.97 Å². The number of aromatic nitrogens is 6. The summed E-state index contributed by atoms with van der Waals surface area (Å²) < 4.78 is 0. The van der Waals surface area contributed by atoms with Crippen molar-refractivity contribution in [3.05, 3.63) is 18.0 Å². The average Bonchev–Trinajstić information content (AvgIpc) is 2.92. The van der Waals surface area contributed by atoms with Crippen LogP contribution in [0, 0.1) is 0 Å². The van der Waals surface area contributed by atoms with Crippen molar-refractivity contribution in [2.75, 3.05) is 0 Å². The molecular formula is C11H16N6. The van der Waals surface area contributed by atoms with Crippen LogP contribution in [0.2, 0.25) is 0 Å². The molecular weight excluding hydrogens is 216 g/mol. The van der Waals surface area contributed by atoms with Gasteiger partial charge in [0.25, 0.3) is 0 Å². The fraction of sp³-hybridized carbons (Fsp3) is 0.545. The normalized spacial score (nSPS) is 11.7. The molecule has 0 aliphatic carbocycles. The number of aromatic amines is 1. The third-order valence-corrected chi connectivity index (χ3v) is 3.45. The van der Waals surface area contributed by atoms with Gasteiger partial charge in [-0.05, 0) is 29.0 Å². The number of hydrogen-bond acceptors (Lipinski definition) is 5. The monoisotopic (exact) mass is 232 g/mol. The van der Waals surface area contributed by atoms with Gasteiger partial charge in [-0.1, -0.05) is 20.8 Å². The van der Waals surface area contributed by atoms with Gasteiger partial charge in [-0.2, -0.15) is 5.21 Å². The van der Waals surface area contributed by atoms with Crippen LogP contribution in [-0.4, -0.2) is 30.6 Å². The number of H-pyrrole nitrogens is 1. The number of nitrogens with one attached hydrogen (secondary N) is 1. The number of rotatable bonds is 4. The Morgan fingerprint density at radius 2 is 1.76 bits per heavy atom. The maximum absolute atomic E-state index is 4.29. The van der Waals surface area contributed by atoms with Gasteiger partial charge in [0, 0.05) is 12.4 Å². The molecule has 2 heterocycles. The molecule has 1 N–H and O–H groups in total. The lowest BCUT2D eigenvalue weighted by molar-refractivity contribution is 0.436. The van der Waals surface area contributed by atoms with Crippen molar-refractivity contribution in [3.8, 4) is 11.6 Å². The first-order valence-electron chi connectivity index (χ1n) is 5.76. The molecule has 90 valence electrons. The van der Waals surface area contributed by atoms with Crippen molar-refractivity contribution in [1.82, 2.24) is 30.6 Å². The van der Waals surface area contributed by atoms with Crippen LogP contribution in [0.25, 0.3) is 11.6 Å². The SMILES string of the molecule is CCC(C)(CC)c1cnc(-c2nn[nH]n2)nc1. The predicted octanol–water partition coefficient (Wildman–Crippen LogP) is 1.73. The van der Waals surface area contributed by atoms with Crippen molar-refractivity contribution < 1.29 is 0 Å². The topological polar surface area (TPSA) is 80.2 Å². The van der Waals surface area contributed by atoms with Crippen molar-refractivity contribution in [2.24, 2.45) is 0 Å². The quantitative estimate of drug-likeness (QED) is 0.868. The predicted molar refractivity (Wildman–Crippen MR) is 63.1 cm³/mol. The Morgan fingerprint density at radius 3 is 2.24 bits per heavy atom. The number of nitrogens with zero attached hydrogens (tertiary/aromatic N) is 5. The van der Waals surface area contributed by atoms with E-state index in [2.05, 4.69) is 51.4 Å². The maximum Gasteiger partial charge on any atom is 0.241 e. The van der Waals surface area contributed by atoms with Gasteiger partial charge in [0.05, 0.1) is 0 Å². The summed E-state index contributed by atoms with van der Waals surface area (Å²) >= 11 is 0.